The highest BCUT2D eigenvalue weighted by Crippen LogP contribution is 2.32. The van der Waals surface area contributed by atoms with Gasteiger partial charge in [-0.2, -0.15) is 5.10 Å². The largest absolute Gasteiger partial charge is 0.439 e. The van der Waals surface area contributed by atoms with Crippen LogP contribution in [-0.2, 0) is 11.3 Å². The SMILES string of the molecule is Cc1cccc(Oc2c(CN(CC3CCCO3)C(=O)c3ccc(Cl)cc3)c(C)nn2-c2ccccc2)c1. The number of ether oxygens (including phenoxy) is 2. The van der Waals surface area contributed by atoms with E-state index < -0.39 is 0 Å². The summed E-state index contributed by atoms with van der Waals surface area (Å²) in [4.78, 5) is 15.5. The van der Waals surface area contributed by atoms with Crippen LogP contribution in [0.4, 0.5) is 0 Å². The maximum Gasteiger partial charge on any atom is 0.254 e. The van der Waals surface area contributed by atoms with E-state index >= 15 is 0 Å². The average molecular weight is 516 g/mol. The summed E-state index contributed by atoms with van der Waals surface area (Å²) >= 11 is 6.08. The molecule has 37 heavy (non-hydrogen) atoms. The van der Waals surface area contributed by atoms with Gasteiger partial charge in [-0.05, 0) is 80.8 Å². The summed E-state index contributed by atoms with van der Waals surface area (Å²) in [5, 5.41) is 5.43. The Labute approximate surface area is 222 Å². The van der Waals surface area contributed by atoms with Crippen molar-refractivity contribution in [2.24, 2.45) is 0 Å². The van der Waals surface area contributed by atoms with Crippen molar-refractivity contribution in [1.82, 2.24) is 14.7 Å². The summed E-state index contributed by atoms with van der Waals surface area (Å²) in [5.41, 5.74) is 4.21. The number of para-hydroxylation sites is 1. The van der Waals surface area contributed by atoms with E-state index in [0.717, 1.165) is 42.0 Å². The first kappa shape index (κ1) is 25.1. The number of nitrogens with zero attached hydrogens (tertiary/aromatic N) is 3. The van der Waals surface area contributed by atoms with Crippen LogP contribution in [0.25, 0.3) is 5.69 Å². The summed E-state index contributed by atoms with van der Waals surface area (Å²) in [6, 6.07) is 24.8. The van der Waals surface area contributed by atoms with Gasteiger partial charge in [-0.25, -0.2) is 4.68 Å². The topological polar surface area (TPSA) is 56.6 Å². The number of carbonyl (C=O) groups excluding carboxylic acids is 1. The van der Waals surface area contributed by atoms with Crippen LogP contribution in [0.3, 0.4) is 0 Å². The van der Waals surface area contributed by atoms with Crippen LogP contribution in [0, 0.1) is 13.8 Å². The summed E-state index contributed by atoms with van der Waals surface area (Å²) in [6.07, 6.45) is 1.93. The summed E-state index contributed by atoms with van der Waals surface area (Å²) in [6.45, 7) is 5.53. The Morgan fingerprint density at radius 3 is 2.57 bits per heavy atom. The maximum atomic E-state index is 13.7. The zero-order chi connectivity index (χ0) is 25.8. The number of amides is 1. The molecule has 1 fully saturated rings. The maximum absolute atomic E-state index is 13.7. The molecule has 7 heteroatoms. The molecule has 6 nitrogen and oxygen atoms in total. The normalized spacial score (nSPS) is 15.1. The number of aryl methyl sites for hydroxylation is 2. The first-order valence-electron chi connectivity index (χ1n) is 12.5. The first-order chi connectivity index (χ1) is 18.0. The van der Waals surface area contributed by atoms with E-state index in [-0.39, 0.29) is 12.0 Å². The van der Waals surface area contributed by atoms with Crippen LogP contribution in [-0.4, -0.2) is 39.8 Å². The van der Waals surface area contributed by atoms with Crippen molar-refractivity contribution >= 4 is 17.5 Å². The third-order valence-electron chi connectivity index (χ3n) is 6.52. The Morgan fingerprint density at radius 1 is 1.08 bits per heavy atom. The van der Waals surface area contributed by atoms with Gasteiger partial charge in [0.2, 0.25) is 5.88 Å². The molecule has 1 aromatic heterocycles. The molecule has 1 aliphatic rings. The van der Waals surface area contributed by atoms with E-state index in [2.05, 4.69) is 0 Å². The predicted molar refractivity (Wildman–Crippen MR) is 145 cm³/mol. The van der Waals surface area contributed by atoms with Crippen LogP contribution < -0.4 is 4.74 Å². The molecule has 4 aromatic rings. The van der Waals surface area contributed by atoms with Gasteiger partial charge in [0, 0.05) is 23.7 Å². The van der Waals surface area contributed by atoms with Crippen LogP contribution in [0.2, 0.25) is 5.02 Å². The standard InChI is InChI=1S/C30H30ClN3O3/c1-21-8-6-11-26(18-21)37-30-28(22(2)32-34(30)25-9-4-3-5-10-25)20-33(19-27-12-7-17-36-27)29(35)23-13-15-24(31)16-14-23/h3-6,8-11,13-16,18,27H,7,12,17,19-20H2,1-2H3. The average Bonchev–Trinajstić information content (AvgIpc) is 3.52. The van der Waals surface area contributed by atoms with Gasteiger partial charge in [0.05, 0.1) is 29.6 Å². The van der Waals surface area contributed by atoms with E-state index in [4.69, 9.17) is 26.2 Å². The van der Waals surface area contributed by atoms with Crippen molar-refractivity contribution in [2.75, 3.05) is 13.2 Å². The lowest BCUT2D eigenvalue weighted by molar-refractivity contribution is 0.0505. The molecule has 3 aromatic carbocycles. The van der Waals surface area contributed by atoms with E-state index in [9.17, 15) is 4.79 Å². The third-order valence-corrected chi connectivity index (χ3v) is 6.77. The van der Waals surface area contributed by atoms with Crippen molar-refractivity contribution in [3.05, 3.63) is 106 Å². The molecule has 1 aliphatic heterocycles. The van der Waals surface area contributed by atoms with Crippen molar-refractivity contribution in [1.29, 1.82) is 0 Å². The minimum absolute atomic E-state index is 0.00173. The van der Waals surface area contributed by atoms with Gasteiger partial charge < -0.3 is 14.4 Å². The molecule has 1 unspecified atom stereocenters. The molecule has 1 atom stereocenters. The molecule has 1 saturated heterocycles. The third kappa shape index (κ3) is 5.87. The second-order valence-electron chi connectivity index (χ2n) is 9.36. The second kappa shape index (κ2) is 11.2. The molecule has 5 rings (SSSR count). The zero-order valence-corrected chi connectivity index (χ0v) is 21.8. The number of hydrogen-bond acceptors (Lipinski definition) is 4. The van der Waals surface area contributed by atoms with Gasteiger partial charge in [-0.15, -0.1) is 0 Å². The molecular formula is C30H30ClN3O3. The number of rotatable bonds is 8. The number of halogens is 1. The van der Waals surface area contributed by atoms with Gasteiger partial charge in [-0.1, -0.05) is 41.9 Å². The minimum Gasteiger partial charge on any atom is -0.439 e. The van der Waals surface area contributed by atoms with Crippen LogP contribution in [0.1, 0.15) is 40.0 Å². The summed E-state index contributed by atoms with van der Waals surface area (Å²) in [5.74, 6) is 1.23. The van der Waals surface area contributed by atoms with Crippen molar-refractivity contribution in [3.63, 3.8) is 0 Å². The highest BCUT2D eigenvalue weighted by Gasteiger charge is 2.28. The van der Waals surface area contributed by atoms with Gasteiger partial charge in [0.25, 0.3) is 5.91 Å². The molecule has 190 valence electrons. The van der Waals surface area contributed by atoms with Crippen molar-refractivity contribution in [3.8, 4) is 17.3 Å². The summed E-state index contributed by atoms with van der Waals surface area (Å²) < 4.78 is 14.2. The van der Waals surface area contributed by atoms with Gasteiger partial charge in [0.1, 0.15) is 5.75 Å². The van der Waals surface area contributed by atoms with Crippen LogP contribution in [0.5, 0.6) is 11.6 Å². The van der Waals surface area contributed by atoms with Gasteiger partial charge >= 0.3 is 0 Å². The Balaban J connectivity index is 1.54. The molecule has 0 aliphatic carbocycles. The lowest BCUT2D eigenvalue weighted by Gasteiger charge is -2.26. The fourth-order valence-corrected chi connectivity index (χ4v) is 4.71. The molecule has 0 saturated carbocycles. The number of benzene rings is 3. The monoisotopic (exact) mass is 515 g/mol. The van der Waals surface area contributed by atoms with Crippen LogP contribution in [0.15, 0.2) is 78.9 Å². The molecular weight excluding hydrogens is 486 g/mol. The molecule has 0 radical (unpaired) electrons. The number of carbonyl (C=O) groups is 1. The fourth-order valence-electron chi connectivity index (χ4n) is 4.58. The Bertz CT molecular complexity index is 1360. The highest BCUT2D eigenvalue weighted by molar-refractivity contribution is 6.30. The lowest BCUT2D eigenvalue weighted by atomic mass is 10.1. The minimum atomic E-state index is -0.0828. The Hall–Kier alpha value is -3.61. The quantitative estimate of drug-likeness (QED) is 0.260. The predicted octanol–water partition coefficient (Wildman–Crippen LogP) is 6.76. The van der Waals surface area contributed by atoms with Crippen molar-refractivity contribution < 1.29 is 14.3 Å². The molecule has 2 heterocycles. The van der Waals surface area contributed by atoms with Gasteiger partial charge in [0.15, 0.2) is 0 Å². The van der Waals surface area contributed by atoms with Gasteiger partial charge in [-0.3, -0.25) is 4.79 Å². The lowest BCUT2D eigenvalue weighted by Crippen LogP contribution is -2.37. The number of hydrogen-bond donors (Lipinski definition) is 0. The summed E-state index contributed by atoms with van der Waals surface area (Å²) in [7, 11) is 0. The van der Waals surface area contributed by atoms with Crippen molar-refractivity contribution in [2.45, 2.75) is 39.3 Å². The first-order valence-corrected chi connectivity index (χ1v) is 12.9. The van der Waals surface area contributed by atoms with E-state index in [0.29, 0.717) is 35.3 Å². The second-order valence-corrected chi connectivity index (χ2v) is 9.80. The smallest absolute Gasteiger partial charge is 0.254 e. The number of aromatic nitrogens is 2. The molecule has 0 spiro atoms. The Morgan fingerprint density at radius 2 is 1.86 bits per heavy atom. The van der Waals surface area contributed by atoms with E-state index in [1.165, 1.54) is 0 Å². The molecule has 1 amide bonds. The Kier molecular flexibility index (Phi) is 7.58. The fraction of sp³-hybridized carbons (Fsp3) is 0.267. The molecule has 0 bridgehead atoms. The van der Waals surface area contributed by atoms with Crippen LogP contribution >= 0.6 is 11.6 Å². The molecule has 0 N–H and O–H groups in total. The highest BCUT2D eigenvalue weighted by atomic mass is 35.5. The van der Waals surface area contributed by atoms with E-state index in [1.807, 2.05) is 78.0 Å². The zero-order valence-electron chi connectivity index (χ0n) is 21.1. The van der Waals surface area contributed by atoms with E-state index in [1.54, 1.807) is 24.3 Å².